The van der Waals surface area contributed by atoms with E-state index in [1.807, 2.05) is 77.5 Å². The molecule has 1 amide bonds. The van der Waals surface area contributed by atoms with E-state index in [1.165, 1.54) is 11.1 Å². The Bertz CT molecular complexity index is 1910. The van der Waals surface area contributed by atoms with Gasteiger partial charge in [-0.25, -0.2) is 0 Å². The van der Waals surface area contributed by atoms with Crippen molar-refractivity contribution in [2.75, 3.05) is 17.2 Å². The molecule has 0 saturated heterocycles. The Hall–Kier alpha value is -5.17. The van der Waals surface area contributed by atoms with Crippen LogP contribution in [0.25, 0.3) is 10.9 Å². The molecule has 0 bridgehead atoms. The van der Waals surface area contributed by atoms with Crippen LogP contribution in [-0.2, 0) is 33.7 Å². The number of nitrogens with zero attached hydrogens (tertiary/aromatic N) is 1. The van der Waals surface area contributed by atoms with Gasteiger partial charge in [-0.2, -0.15) is 0 Å². The molecule has 1 heterocycles. The van der Waals surface area contributed by atoms with Gasteiger partial charge in [0, 0.05) is 52.6 Å². The van der Waals surface area contributed by atoms with Gasteiger partial charge in [0.05, 0.1) is 6.61 Å². The van der Waals surface area contributed by atoms with Crippen molar-refractivity contribution < 1.29 is 19.1 Å². The number of ether oxygens (including phenoxy) is 1. The van der Waals surface area contributed by atoms with E-state index in [0.717, 1.165) is 35.0 Å². The molecule has 5 rings (SSSR count). The van der Waals surface area contributed by atoms with Gasteiger partial charge in [-0.15, -0.1) is 0 Å². The smallest absolute Gasteiger partial charge is 0.305 e. The normalized spacial score (nSPS) is 11.9. The molecule has 0 saturated carbocycles. The van der Waals surface area contributed by atoms with Gasteiger partial charge < -0.3 is 19.9 Å². The lowest BCUT2D eigenvalue weighted by Crippen LogP contribution is -2.27. The van der Waals surface area contributed by atoms with Gasteiger partial charge in [0.15, 0.2) is 5.78 Å². The van der Waals surface area contributed by atoms with Crippen LogP contribution < -0.4 is 10.6 Å². The summed E-state index contributed by atoms with van der Waals surface area (Å²) in [6.07, 6.45) is 4.73. The molecule has 0 spiro atoms. The second-order valence-electron chi connectivity index (χ2n) is 13.8. The molecule has 0 aliphatic rings. The number of fused-ring (bicyclic) bond motifs is 1. The molecule has 1 unspecified atom stereocenters. The molecule has 1 atom stereocenters. The van der Waals surface area contributed by atoms with E-state index in [9.17, 15) is 14.4 Å². The van der Waals surface area contributed by atoms with Crippen molar-refractivity contribution in [3.63, 3.8) is 0 Å². The molecule has 7 nitrogen and oxygen atoms in total. The predicted octanol–water partition coefficient (Wildman–Crippen LogP) is 9.40. The number of amides is 1. The number of para-hydroxylation sites is 1. The van der Waals surface area contributed by atoms with E-state index in [2.05, 4.69) is 62.6 Å². The topological polar surface area (TPSA) is 89.4 Å². The van der Waals surface area contributed by atoms with Gasteiger partial charge in [0.25, 0.3) is 5.91 Å². The lowest BCUT2D eigenvalue weighted by atomic mass is 9.98. The highest BCUT2D eigenvalue weighted by atomic mass is 16.5. The van der Waals surface area contributed by atoms with Crippen LogP contribution in [0.1, 0.15) is 86.1 Å². The Morgan fingerprint density at radius 2 is 1.42 bits per heavy atom. The fraction of sp³-hybridized carbons (Fsp3) is 0.326. The number of aryl methyl sites for hydroxylation is 1. The highest BCUT2D eigenvalue weighted by molar-refractivity contribution is 6.16. The van der Waals surface area contributed by atoms with Crippen molar-refractivity contribution >= 4 is 39.9 Å². The second-order valence-corrected chi connectivity index (χ2v) is 13.8. The summed E-state index contributed by atoms with van der Waals surface area (Å²) in [5.74, 6) is 0.542. The highest BCUT2D eigenvalue weighted by Crippen LogP contribution is 2.28. The third-order valence-electron chi connectivity index (χ3n) is 8.64. The zero-order valence-electron chi connectivity index (χ0n) is 29.9. The SMILES string of the molecule is CCOC(=O)CCCn1cc(C(=O)c2cccc(NC(C(=O)Nc3ccc(CC(C)C)cc3)c3ccc(CC(C)C)cc3)c2)c2ccccc21. The Kier molecular flexibility index (Phi) is 12.3. The van der Waals surface area contributed by atoms with E-state index < -0.39 is 6.04 Å². The average molecular weight is 672 g/mol. The maximum atomic E-state index is 14.0. The summed E-state index contributed by atoms with van der Waals surface area (Å²) in [6.45, 7) is 11.5. The number of hydrogen-bond acceptors (Lipinski definition) is 5. The summed E-state index contributed by atoms with van der Waals surface area (Å²) in [5, 5.41) is 7.39. The minimum atomic E-state index is -0.704. The number of anilines is 2. The third kappa shape index (κ3) is 9.50. The van der Waals surface area contributed by atoms with Crippen molar-refractivity contribution in [1.29, 1.82) is 0 Å². The molecule has 4 aromatic carbocycles. The number of benzene rings is 4. The Morgan fingerprint density at radius 1 is 0.760 bits per heavy atom. The first-order valence-electron chi connectivity index (χ1n) is 17.7. The summed E-state index contributed by atoms with van der Waals surface area (Å²) in [7, 11) is 0. The quantitative estimate of drug-likeness (QED) is 0.0806. The summed E-state index contributed by atoms with van der Waals surface area (Å²) < 4.78 is 7.11. The highest BCUT2D eigenvalue weighted by Gasteiger charge is 2.23. The fourth-order valence-electron chi connectivity index (χ4n) is 6.34. The third-order valence-corrected chi connectivity index (χ3v) is 8.64. The number of aromatic nitrogens is 1. The Balaban J connectivity index is 1.39. The lowest BCUT2D eigenvalue weighted by molar-refractivity contribution is -0.143. The van der Waals surface area contributed by atoms with Gasteiger partial charge >= 0.3 is 5.97 Å². The number of nitrogens with one attached hydrogen (secondary N) is 2. The number of carbonyl (C=O) groups excluding carboxylic acids is 3. The number of rotatable bonds is 16. The van der Waals surface area contributed by atoms with Gasteiger partial charge in [0.2, 0.25) is 0 Å². The summed E-state index contributed by atoms with van der Waals surface area (Å²) in [5.41, 5.74) is 6.70. The van der Waals surface area contributed by atoms with E-state index >= 15 is 0 Å². The van der Waals surface area contributed by atoms with Gasteiger partial charge in [-0.1, -0.05) is 94.4 Å². The van der Waals surface area contributed by atoms with Gasteiger partial charge in [-0.05, 0) is 85.0 Å². The second kappa shape index (κ2) is 17.0. The van der Waals surface area contributed by atoms with Gasteiger partial charge in [-0.3, -0.25) is 14.4 Å². The maximum Gasteiger partial charge on any atom is 0.305 e. The molecule has 260 valence electrons. The van der Waals surface area contributed by atoms with Crippen molar-refractivity contribution in [1.82, 2.24) is 4.57 Å². The molecule has 0 aliphatic carbocycles. The Labute approximate surface area is 296 Å². The maximum absolute atomic E-state index is 14.0. The van der Waals surface area contributed by atoms with Crippen LogP contribution in [0.4, 0.5) is 11.4 Å². The monoisotopic (exact) mass is 671 g/mol. The minimum Gasteiger partial charge on any atom is -0.466 e. The predicted molar refractivity (Wildman–Crippen MR) is 203 cm³/mol. The molecular formula is C43H49N3O4. The van der Waals surface area contributed by atoms with Crippen molar-refractivity contribution in [2.45, 2.75) is 72.9 Å². The van der Waals surface area contributed by atoms with Crippen molar-refractivity contribution in [3.05, 3.63) is 131 Å². The first-order chi connectivity index (χ1) is 24.1. The molecule has 0 aliphatic heterocycles. The van der Waals surface area contributed by atoms with Crippen LogP contribution in [-0.4, -0.2) is 28.8 Å². The standard InChI is InChI=1S/C43H49N3O4/c1-6-50-40(47)15-10-24-46-28-38(37-13-7-8-14-39(37)46)42(48)34-11-9-12-36(27-34)44-41(33-20-16-31(17-21-33)25-29(2)3)43(49)45-35-22-18-32(19-23-35)26-30(4)5/h7-9,11-14,16-23,27-30,41,44H,6,10,15,24-26H2,1-5H3,(H,45,49). The van der Waals surface area contributed by atoms with E-state index in [4.69, 9.17) is 4.74 Å². The van der Waals surface area contributed by atoms with Crippen molar-refractivity contribution in [2.24, 2.45) is 11.8 Å². The molecule has 0 fully saturated rings. The molecular weight excluding hydrogens is 622 g/mol. The summed E-state index contributed by atoms with van der Waals surface area (Å²) in [4.78, 5) is 39.9. The molecule has 7 heteroatoms. The van der Waals surface area contributed by atoms with Crippen LogP contribution in [0.2, 0.25) is 0 Å². The molecule has 2 N–H and O–H groups in total. The van der Waals surface area contributed by atoms with E-state index in [1.54, 1.807) is 13.0 Å². The van der Waals surface area contributed by atoms with Crippen molar-refractivity contribution in [3.8, 4) is 0 Å². The first kappa shape index (κ1) is 36.1. The van der Waals surface area contributed by atoms with Crippen LogP contribution in [0.5, 0.6) is 0 Å². The molecule has 0 radical (unpaired) electrons. The van der Waals surface area contributed by atoms with E-state index in [-0.39, 0.29) is 17.7 Å². The molecule has 1 aromatic heterocycles. The molecule has 50 heavy (non-hydrogen) atoms. The largest absolute Gasteiger partial charge is 0.466 e. The number of carbonyl (C=O) groups is 3. The number of esters is 1. The summed E-state index contributed by atoms with van der Waals surface area (Å²) >= 11 is 0. The Morgan fingerprint density at radius 3 is 2.08 bits per heavy atom. The number of ketones is 1. The van der Waals surface area contributed by atoms with Crippen LogP contribution in [0, 0.1) is 11.8 Å². The lowest BCUT2D eigenvalue weighted by Gasteiger charge is -2.21. The fourth-order valence-corrected chi connectivity index (χ4v) is 6.34. The van der Waals surface area contributed by atoms with Crippen LogP contribution >= 0.6 is 0 Å². The minimum absolute atomic E-state index is 0.116. The number of hydrogen-bond donors (Lipinski definition) is 2. The molecule has 5 aromatic rings. The zero-order chi connectivity index (χ0) is 35.6. The average Bonchev–Trinajstić information content (AvgIpc) is 3.46. The van der Waals surface area contributed by atoms with E-state index in [0.29, 0.717) is 54.6 Å². The van der Waals surface area contributed by atoms with Crippen LogP contribution in [0.15, 0.2) is 103 Å². The van der Waals surface area contributed by atoms with Crippen LogP contribution in [0.3, 0.4) is 0 Å². The summed E-state index contributed by atoms with van der Waals surface area (Å²) in [6, 6.07) is 30.6. The first-order valence-corrected chi connectivity index (χ1v) is 17.7. The zero-order valence-corrected chi connectivity index (χ0v) is 29.9. The van der Waals surface area contributed by atoms with Gasteiger partial charge in [0.1, 0.15) is 6.04 Å².